The first-order valence-electron chi connectivity index (χ1n) is 5.21. The summed E-state index contributed by atoms with van der Waals surface area (Å²) in [6.07, 6.45) is 4.66. The molecule has 4 heteroatoms. The van der Waals surface area contributed by atoms with Crippen LogP contribution in [0.5, 0.6) is 0 Å². The molecule has 0 spiro atoms. The van der Waals surface area contributed by atoms with E-state index in [4.69, 9.17) is 5.84 Å². The van der Waals surface area contributed by atoms with Crippen LogP contribution < -0.4 is 11.3 Å². The molecule has 1 atom stereocenters. The fourth-order valence-electron chi connectivity index (χ4n) is 1.54. The maximum atomic E-state index is 13.3. The van der Waals surface area contributed by atoms with Crippen molar-refractivity contribution in [2.45, 2.75) is 25.3 Å². The molecule has 0 bridgehead atoms. The van der Waals surface area contributed by atoms with Crippen LogP contribution in [0.3, 0.4) is 0 Å². The minimum atomic E-state index is -0.263. The van der Waals surface area contributed by atoms with Gasteiger partial charge in [0.2, 0.25) is 0 Å². The van der Waals surface area contributed by atoms with Crippen LogP contribution in [0.25, 0.3) is 0 Å². The SMILES string of the molecule is C=CCCCC(NN)c1ccc(Br)c(F)c1. The highest BCUT2D eigenvalue weighted by atomic mass is 79.9. The summed E-state index contributed by atoms with van der Waals surface area (Å²) in [7, 11) is 0. The van der Waals surface area contributed by atoms with E-state index >= 15 is 0 Å². The number of allylic oxidation sites excluding steroid dienone is 1. The van der Waals surface area contributed by atoms with E-state index in [1.807, 2.05) is 12.1 Å². The van der Waals surface area contributed by atoms with E-state index in [9.17, 15) is 4.39 Å². The molecule has 0 aliphatic rings. The van der Waals surface area contributed by atoms with Gasteiger partial charge in [0, 0.05) is 6.04 Å². The zero-order valence-corrected chi connectivity index (χ0v) is 10.6. The summed E-state index contributed by atoms with van der Waals surface area (Å²) in [4.78, 5) is 0. The van der Waals surface area contributed by atoms with Crippen molar-refractivity contribution in [1.29, 1.82) is 0 Å². The average Bonchev–Trinajstić information content (AvgIpc) is 2.29. The summed E-state index contributed by atoms with van der Waals surface area (Å²) >= 11 is 3.12. The Hall–Kier alpha value is -0.710. The minimum Gasteiger partial charge on any atom is -0.271 e. The second-order valence-corrected chi connectivity index (χ2v) is 4.47. The van der Waals surface area contributed by atoms with Crippen molar-refractivity contribution in [3.63, 3.8) is 0 Å². The molecule has 0 heterocycles. The van der Waals surface area contributed by atoms with Crippen LogP contribution in [0.2, 0.25) is 0 Å². The zero-order chi connectivity index (χ0) is 12.0. The van der Waals surface area contributed by atoms with Crippen molar-refractivity contribution in [2.75, 3.05) is 0 Å². The molecule has 1 aromatic carbocycles. The number of rotatable bonds is 6. The van der Waals surface area contributed by atoms with Crippen molar-refractivity contribution in [2.24, 2.45) is 5.84 Å². The molecule has 1 aromatic rings. The normalized spacial score (nSPS) is 12.4. The van der Waals surface area contributed by atoms with E-state index in [0.29, 0.717) is 4.47 Å². The molecule has 0 fully saturated rings. The third-order valence-corrected chi connectivity index (χ3v) is 3.09. The van der Waals surface area contributed by atoms with Gasteiger partial charge in [-0.25, -0.2) is 4.39 Å². The van der Waals surface area contributed by atoms with Crippen molar-refractivity contribution < 1.29 is 4.39 Å². The fourth-order valence-corrected chi connectivity index (χ4v) is 1.79. The third kappa shape index (κ3) is 3.70. The molecule has 2 nitrogen and oxygen atoms in total. The van der Waals surface area contributed by atoms with Gasteiger partial charge >= 0.3 is 0 Å². The van der Waals surface area contributed by atoms with Crippen LogP contribution in [0, 0.1) is 5.82 Å². The number of benzene rings is 1. The second kappa shape index (κ2) is 6.78. The second-order valence-electron chi connectivity index (χ2n) is 3.61. The van der Waals surface area contributed by atoms with Gasteiger partial charge in [0.15, 0.2) is 0 Å². The maximum absolute atomic E-state index is 13.3. The summed E-state index contributed by atoms with van der Waals surface area (Å²) < 4.78 is 13.8. The van der Waals surface area contributed by atoms with Crippen LogP contribution in [0.15, 0.2) is 35.3 Å². The van der Waals surface area contributed by atoms with Crippen LogP contribution in [0.4, 0.5) is 4.39 Å². The highest BCUT2D eigenvalue weighted by Gasteiger charge is 2.10. The van der Waals surface area contributed by atoms with E-state index in [0.717, 1.165) is 24.8 Å². The molecular formula is C12H16BrFN2. The quantitative estimate of drug-likeness (QED) is 0.364. The summed E-state index contributed by atoms with van der Waals surface area (Å²) in [6, 6.07) is 5.05. The standard InChI is InChI=1S/C12H16BrFN2/c1-2-3-4-5-12(16-15)9-6-7-10(13)11(14)8-9/h2,6-8,12,16H,1,3-5,15H2. The van der Waals surface area contributed by atoms with E-state index in [2.05, 4.69) is 27.9 Å². The van der Waals surface area contributed by atoms with Gasteiger partial charge in [-0.05, 0) is 52.9 Å². The highest BCUT2D eigenvalue weighted by molar-refractivity contribution is 9.10. The van der Waals surface area contributed by atoms with Crippen LogP contribution in [-0.4, -0.2) is 0 Å². The Balaban J connectivity index is 2.70. The number of hydrogen-bond donors (Lipinski definition) is 2. The lowest BCUT2D eigenvalue weighted by molar-refractivity contribution is 0.497. The van der Waals surface area contributed by atoms with Gasteiger partial charge < -0.3 is 0 Å². The Kier molecular flexibility index (Phi) is 5.66. The highest BCUT2D eigenvalue weighted by Crippen LogP contribution is 2.23. The number of halogens is 2. The Morgan fingerprint density at radius 3 is 2.88 bits per heavy atom. The lowest BCUT2D eigenvalue weighted by Crippen LogP contribution is -2.28. The fraction of sp³-hybridized carbons (Fsp3) is 0.333. The predicted octanol–water partition coefficient (Wildman–Crippen LogP) is 3.45. The van der Waals surface area contributed by atoms with Gasteiger partial charge in [-0.15, -0.1) is 6.58 Å². The number of nitrogens with two attached hydrogens (primary N) is 1. The van der Waals surface area contributed by atoms with Gasteiger partial charge in [-0.2, -0.15) is 0 Å². The molecule has 1 unspecified atom stereocenters. The summed E-state index contributed by atoms with van der Waals surface area (Å²) in [6.45, 7) is 3.66. The van der Waals surface area contributed by atoms with Gasteiger partial charge in [-0.3, -0.25) is 11.3 Å². The van der Waals surface area contributed by atoms with Crippen LogP contribution >= 0.6 is 15.9 Å². The molecule has 16 heavy (non-hydrogen) atoms. The molecule has 1 rings (SSSR count). The van der Waals surface area contributed by atoms with Gasteiger partial charge in [0.05, 0.1) is 4.47 Å². The number of unbranched alkanes of at least 4 members (excludes halogenated alkanes) is 1. The first-order valence-corrected chi connectivity index (χ1v) is 6.00. The van der Waals surface area contributed by atoms with E-state index in [1.54, 1.807) is 6.07 Å². The summed E-state index contributed by atoms with van der Waals surface area (Å²) in [5.74, 6) is 5.20. The lowest BCUT2D eigenvalue weighted by Gasteiger charge is -2.16. The average molecular weight is 287 g/mol. The van der Waals surface area contributed by atoms with Crippen molar-refractivity contribution >= 4 is 15.9 Å². The zero-order valence-electron chi connectivity index (χ0n) is 9.05. The maximum Gasteiger partial charge on any atom is 0.137 e. The first-order chi connectivity index (χ1) is 7.69. The number of nitrogens with one attached hydrogen (secondary N) is 1. The molecule has 0 amide bonds. The van der Waals surface area contributed by atoms with Gasteiger partial charge in [0.25, 0.3) is 0 Å². The van der Waals surface area contributed by atoms with Crippen LogP contribution in [0.1, 0.15) is 30.9 Å². The predicted molar refractivity (Wildman–Crippen MR) is 68.2 cm³/mol. The first kappa shape index (κ1) is 13.4. The summed E-state index contributed by atoms with van der Waals surface area (Å²) in [5, 5.41) is 0. The third-order valence-electron chi connectivity index (χ3n) is 2.45. The number of hydrazine groups is 1. The Bertz CT molecular complexity index is 355. The van der Waals surface area contributed by atoms with E-state index < -0.39 is 0 Å². The van der Waals surface area contributed by atoms with Crippen molar-refractivity contribution in [3.8, 4) is 0 Å². The molecule has 88 valence electrons. The van der Waals surface area contributed by atoms with Crippen molar-refractivity contribution in [1.82, 2.24) is 5.43 Å². The van der Waals surface area contributed by atoms with Gasteiger partial charge in [0.1, 0.15) is 5.82 Å². The van der Waals surface area contributed by atoms with E-state index in [1.165, 1.54) is 6.07 Å². The Morgan fingerprint density at radius 1 is 1.56 bits per heavy atom. The molecule has 0 saturated heterocycles. The summed E-state index contributed by atoms with van der Waals surface area (Å²) in [5.41, 5.74) is 3.58. The van der Waals surface area contributed by atoms with Crippen LogP contribution in [-0.2, 0) is 0 Å². The molecule has 0 aliphatic heterocycles. The Labute approximate surface area is 104 Å². The molecule has 0 saturated carbocycles. The number of hydrogen-bond acceptors (Lipinski definition) is 2. The molecule has 0 aromatic heterocycles. The topological polar surface area (TPSA) is 38.0 Å². The van der Waals surface area contributed by atoms with Crippen molar-refractivity contribution in [3.05, 3.63) is 46.7 Å². The minimum absolute atomic E-state index is 0.0115. The van der Waals surface area contributed by atoms with E-state index in [-0.39, 0.29) is 11.9 Å². The monoisotopic (exact) mass is 286 g/mol. The lowest BCUT2D eigenvalue weighted by atomic mass is 10.0. The van der Waals surface area contributed by atoms with Gasteiger partial charge in [-0.1, -0.05) is 12.1 Å². The molecular weight excluding hydrogens is 271 g/mol. The molecule has 0 aliphatic carbocycles. The molecule has 0 radical (unpaired) electrons. The largest absolute Gasteiger partial charge is 0.271 e. The Morgan fingerprint density at radius 2 is 2.31 bits per heavy atom. The molecule has 3 N–H and O–H groups in total. The smallest absolute Gasteiger partial charge is 0.137 e.